The predicted molar refractivity (Wildman–Crippen MR) is 102 cm³/mol. The second kappa shape index (κ2) is 10.5. The smallest absolute Gasteiger partial charge is 0.437 e. The highest BCUT2D eigenvalue weighted by Crippen LogP contribution is 2.50. The van der Waals surface area contributed by atoms with Crippen LogP contribution >= 0.6 is 7.92 Å². The van der Waals surface area contributed by atoms with Crippen molar-refractivity contribution in [3.05, 3.63) is 60.7 Å². The maximum atomic E-state index is 6.17. The van der Waals surface area contributed by atoms with E-state index in [-0.39, 0.29) is 0 Å². The predicted octanol–water partition coefficient (Wildman–Crippen LogP) is 5.00. The number of benzene rings is 2. The van der Waals surface area contributed by atoms with Crippen LogP contribution < -0.4 is 9.05 Å². The van der Waals surface area contributed by atoms with Gasteiger partial charge in [0.2, 0.25) is 0 Å². The molecule has 0 heterocycles. The van der Waals surface area contributed by atoms with Crippen LogP contribution in [0.3, 0.4) is 0 Å². The average molecular weight is 380 g/mol. The Bertz CT molecular complexity index is 540. The molecule has 0 aliphatic rings. The maximum absolute atomic E-state index is 6.17. The van der Waals surface area contributed by atoms with Crippen molar-refractivity contribution in [1.29, 1.82) is 0 Å². The van der Waals surface area contributed by atoms with Gasteiger partial charge in [0, 0.05) is 19.8 Å². The molecule has 0 atom stereocenters. The quantitative estimate of drug-likeness (QED) is 0.405. The molecule has 2 aromatic rings. The Balaban J connectivity index is 2.34. The lowest BCUT2D eigenvalue weighted by atomic mass is 10.3. The molecule has 0 unspecified atom stereocenters. The third-order valence-electron chi connectivity index (χ3n) is 3.07. The van der Waals surface area contributed by atoms with E-state index in [0.717, 1.165) is 0 Å². The summed E-state index contributed by atoms with van der Waals surface area (Å²) in [5.41, 5.74) is 0. The van der Waals surface area contributed by atoms with Crippen LogP contribution in [0.1, 0.15) is 20.8 Å². The van der Waals surface area contributed by atoms with Crippen LogP contribution in [0.4, 0.5) is 0 Å². The number of para-hydroxylation sites is 2. The molecule has 2 aromatic carbocycles. The van der Waals surface area contributed by atoms with E-state index < -0.39 is 16.4 Å². The van der Waals surface area contributed by atoms with E-state index in [1.807, 2.05) is 81.4 Å². The summed E-state index contributed by atoms with van der Waals surface area (Å²) in [6, 6.07) is 19.1. The average Bonchev–Trinajstić information content (AvgIpc) is 2.63. The molecule has 0 amide bonds. The first-order chi connectivity index (χ1) is 12.2. The van der Waals surface area contributed by atoms with Gasteiger partial charge >= 0.3 is 16.4 Å². The Morgan fingerprint density at radius 1 is 0.640 bits per heavy atom. The molecule has 7 heteroatoms. The van der Waals surface area contributed by atoms with Gasteiger partial charge in [-0.15, -0.1) is 0 Å². The van der Waals surface area contributed by atoms with E-state index in [1.165, 1.54) is 0 Å². The minimum Gasteiger partial charge on any atom is -0.437 e. The Morgan fingerprint density at radius 2 is 1.00 bits per heavy atom. The van der Waals surface area contributed by atoms with Gasteiger partial charge < -0.3 is 22.3 Å². The standard InChI is InChI=1S/C18H25O5PSi/c1-4-19-25(20-5-2,21-6-3)24(22-17-13-9-7-10-14-17)23-18-15-11-8-12-16-18/h7-16H,4-6H2,1-3H3. The first-order valence-electron chi connectivity index (χ1n) is 8.42. The molecule has 0 fully saturated rings. The molecule has 0 spiro atoms. The summed E-state index contributed by atoms with van der Waals surface area (Å²) in [5.74, 6) is 1.39. The van der Waals surface area contributed by atoms with Crippen molar-refractivity contribution in [1.82, 2.24) is 0 Å². The molecule has 136 valence electrons. The molecule has 0 aliphatic carbocycles. The number of hydrogen-bond donors (Lipinski definition) is 0. The highest BCUT2D eigenvalue weighted by molar-refractivity contribution is 7.85. The fraction of sp³-hybridized carbons (Fsp3) is 0.333. The third kappa shape index (κ3) is 5.80. The molecule has 0 bridgehead atoms. The van der Waals surface area contributed by atoms with Gasteiger partial charge in [-0.25, -0.2) is 0 Å². The molecular weight excluding hydrogens is 355 g/mol. The Hall–Kier alpha value is -1.43. The monoisotopic (exact) mass is 380 g/mol. The molecule has 0 N–H and O–H groups in total. The largest absolute Gasteiger partial charge is 0.615 e. The van der Waals surface area contributed by atoms with Crippen molar-refractivity contribution in [3.63, 3.8) is 0 Å². The van der Waals surface area contributed by atoms with Crippen LogP contribution in [-0.4, -0.2) is 28.3 Å². The van der Waals surface area contributed by atoms with Gasteiger partial charge in [-0.1, -0.05) is 36.4 Å². The summed E-state index contributed by atoms with van der Waals surface area (Å²) in [6.45, 7) is 7.12. The Labute approximate surface area is 152 Å². The van der Waals surface area contributed by atoms with Gasteiger partial charge in [0.25, 0.3) is 0 Å². The third-order valence-corrected chi connectivity index (χ3v) is 9.28. The van der Waals surface area contributed by atoms with Gasteiger partial charge in [-0.2, -0.15) is 0 Å². The van der Waals surface area contributed by atoms with E-state index in [1.54, 1.807) is 0 Å². The van der Waals surface area contributed by atoms with Gasteiger partial charge in [0.05, 0.1) is 0 Å². The van der Waals surface area contributed by atoms with Crippen LogP contribution in [0, 0.1) is 0 Å². The van der Waals surface area contributed by atoms with Crippen molar-refractivity contribution in [2.75, 3.05) is 19.8 Å². The highest BCUT2D eigenvalue weighted by atomic mass is 31.4. The first-order valence-corrected chi connectivity index (χ1v) is 12.2. The minimum atomic E-state index is -3.17. The summed E-state index contributed by atoms with van der Waals surface area (Å²) < 4.78 is 30.3. The lowest BCUT2D eigenvalue weighted by Gasteiger charge is -2.32. The lowest BCUT2D eigenvalue weighted by Crippen LogP contribution is -2.46. The van der Waals surface area contributed by atoms with Gasteiger partial charge in [-0.3, -0.25) is 0 Å². The highest BCUT2D eigenvalue weighted by Gasteiger charge is 2.57. The minimum absolute atomic E-state index is 0.460. The van der Waals surface area contributed by atoms with Gasteiger partial charge in [0.1, 0.15) is 11.5 Å². The van der Waals surface area contributed by atoms with Crippen molar-refractivity contribution < 1.29 is 22.3 Å². The molecule has 0 radical (unpaired) electrons. The summed E-state index contributed by atoms with van der Waals surface area (Å²) >= 11 is 0. The van der Waals surface area contributed by atoms with Gasteiger partial charge in [-0.05, 0) is 45.0 Å². The van der Waals surface area contributed by atoms with E-state index >= 15 is 0 Å². The fourth-order valence-electron chi connectivity index (χ4n) is 2.11. The molecule has 2 rings (SSSR count). The van der Waals surface area contributed by atoms with E-state index in [4.69, 9.17) is 22.3 Å². The van der Waals surface area contributed by atoms with Crippen molar-refractivity contribution in [2.24, 2.45) is 0 Å². The number of rotatable bonds is 11. The van der Waals surface area contributed by atoms with Crippen molar-refractivity contribution >= 4 is 16.4 Å². The number of hydrogen-bond acceptors (Lipinski definition) is 5. The second-order valence-electron chi connectivity index (χ2n) is 4.89. The van der Waals surface area contributed by atoms with Crippen LogP contribution in [0.15, 0.2) is 60.7 Å². The molecule has 25 heavy (non-hydrogen) atoms. The van der Waals surface area contributed by atoms with Crippen molar-refractivity contribution in [2.45, 2.75) is 20.8 Å². The fourth-order valence-corrected chi connectivity index (χ4v) is 8.08. The summed E-state index contributed by atoms with van der Waals surface area (Å²) in [6.07, 6.45) is 0. The Kier molecular flexibility index (Phi) is 8.38. The second-order valence-corrected chi connectivity index (χ2v) is 10.4. The maximum Gasteiger partial charge on any atom is 0.615 e. The van der Waals surface area contributed by atoms with E-state index in [0.29, 0.717) is 31.3 Å². The lowest BCUT2D eigenvalue weighted by molar-refractivity contribution is 0.0897. The molecule has 0 aliphatic heterocycles. The van der Waals surface area contributed by atoms with E-state index in [2.05, 4.69) is 0 Å². The molecular formula is C18H25O5PSi. The van der Waals surface area contributed by atoms with E-state index in [9.17, 15) is 0 Å². The van der Waals surface area contributed by atoms with Crippen LogP contribution in [0.2, 0.25) is 0 Å². The van der Waals surface area contributed by atoms with Gasteiger partial charge in [0.15, 0.2) is 0 Å². The van der Waals surface area contributed by atoms with Crippen molar-refractivity contribution in [3.8, 4) is 11.5 Å². The Morgan fingerprint density at radius 3 is 1.32 bits per heavy atom. The zero-order chi connectivity index (χ0) is 18.0. The molecule has 0 aromatic heterocycles. The topological polar surface area (TPSA) is 46.2 Å². The summed E-state index contributed by atoms with van der Waals surface area (Å²) in [7, 11) is -4.78. The van der Waals surface area contributed by atoms with Crippen LogP contribution in [-0.2, 0) is 13.3 Å². The zero-order valence-electron chi connectivity index (χ0n) is 14.9. The normalized spacial score (nSPS) is 11.5. The molecule has 0 saturated carbocycles. The summed E-state index contributed by atoms with van der Waals surface area (Å²) in [5, 5.41) is 0. The molecule has 0 saturated heterocycles. The van der Waals surface area contributed by atoms with Crippen LogP contribution in [0.5, 0.6) is 11.5 Å². The van der Waals surface area contributed by atoms with Crippen LogP contribution in [0.25, 0.3) is 0 Å². The molecule has 5 nitrogen and oxygen atoms in total. The SMILES string of the molecule is CCO[Si](OCC)(OCC)P(Oc1ccccc1)Oc1ccccc1. The first kappa shape index (κ1) is 19.9. The zero-order valence-corrected chi connectivity index (χ0v) is 16.8. The summed E-state index contributed by atoms with van der Waals surface area (Å²) in [4.78, 5) is 0.